The highest BCUT2D eigenvalue weighted by atomic mass is 16.3. The smallest absolute Gasteiger partial charge is 0.0863 e. The molecule has 0 aliphatic carbocycles. The Morgan fingerprint density at radius 3 is 2.60 bits per heavy atom. The van der Waals surface area contributed by atoms with Crippen molar-refractivity contribution >= 4 is 0 Å². The van der Waals surface area contributed by atoms with Crippen LogP contribution in [0, 0.1) is 6.92 Å². The van der Waals surface area contributed by atoms with E-state index in [4.69, 9.17) is 0 Å². The molecule has 0 saturated carbocycles. The van der Waals surface area contributed by atoms with E-state index in [1.54, 1.807) is 4.68 Å². The number of aromatic nitrogens is 2. The number of nitrogens with zero attached hydrogens (tertiary/aromatic N) is 2. The monoisotopic (exact) mass is 272 g/mol. The summed E-state index contributed by atoms with van der Waals surface area (Å²) in [6.45, 7) is 8.44. The molecule has 20 heavy (non-hydrogen) atoms. The number of aliphatic hydroxyl groups is 1. The van der Waals surface area contributed by atoms with E-state index in [0.29, 0.717) is 6.42 Å². The molecule has 2 aromatic rings. The summed E-state index contributed by atoms with van der Waals surface area (Å²) < 4.78 is 1.79. The van der Waals surface area contributed by atoms with Gasteiger partial charge in [0.2, 0.25) is 0 Å². The van der Waals surface area contributed by atoms with Gasteiger partial charge < -0.3 is 5.11 Å². The van der Waals surface area contributed by atoms with Crippen molar-refractivity contribution in [2.45, 2.75) is 45.6 Å². The molecule has 3 heteroatoms. The molecule has 0 radical (unpaired) electrons. The highest BCUT2D eigenvalue weighted by Gasteiger charge is 2.25. The topological polar surface area (TPSA) is 38.0 Å². The number of aryl methyl sites for hydroxylation is 2. The molecule has 0 spiro atoms. The summed E-state index contributed by atoms with van der Waals surface area (Å²) in [5.41, 5.74) is 4.21. The van der Waals surface area contributed by atoms with Crippen molar-refractivity contribution < 1.29 is 5.11 Å². The summed E-state index contributed by atoms with van der Waals surface area (Å²) in [5, 5.41) is 15.1. The minimum Gasteiger partial charge on any atom is -0.388 e. The predicted molar refractivity (Wildman–Crippen MR) is 81.8 cm³/mol. The van der Waals surface area contributed by atoms with Gasteiger partial charge in [0, 0.05) is 30.6 Å². The van der Waals surface area contributed by atoms with Gasteiger partial charge in [-0.1, -0.05) is 50.6 Å². The zero-order valence-corrected chi connectivity index (χ0v) is 13.0. The summed E-state index contributed by atoms with van der Waals surface area (Å²) in [7, 11) is 1.90. The SMILES string of the molecule is Cc1cccc(CC(O)c2cn(C)nc2C(C)(C)C)c1. The van der Waals surface area contributed by atoms with Crippen LogP contribution in [0.5, 0.6) is 0 Å². The van der Waals surface area contributed by atoms with Crippen molar-refractivity contribution in [1.82, 2.24) is 9.78 Å². The lowest BCUT2D eigenvalue weighted by atomic mass is 9.87. The summed E-state index contributed by atoms with van der Waals surface area (Å²) in [4.78, 5) is 0. The zero-order valence-electron chi connectivity index (χ0n) is 13.0. The van der Waals surface area contributed by atoms with Gasteiger partial charge in [-0.25, -0.2) is 0 Å². The molecule has 1 aromatic carbocycles. The third-order valence-corrected chi connectivity index (χ3v) is 3.44. The summed E-state index contributed by atoms with van der Waals surface area (Å²) >= 11 is 0. The molecule has 1 aromatic heterocycles. The van der Waals surface area contributed by atoms with E-state index in [2.05, 4.69) is 51.0 Å². The molecule has 2 rings (SSSR count). The first-order valence-electron chi connectivity index (χ1n) is 7.05. The van der Waals surface area contributed by atoms with Gasteiger partial charge in [-0.05, 0) is 12.5 Å². The lowest BCUT2D eigenvalue weighted by Crippen LogP contribution is -2.17. The molecule has 3 nitrogen and oxygen atoms in total. The maximum atomic E-state index is 10.6. The number of aliphatic hydroxyl groups excluding tert-OH is 1. The maximum Gasteiger partial charge on any atom is 0.0863 e. The second-order valence-corrected chi connectivity index (χ2v) is 6.57. The minimum absolute atomic E-state index is 0.0653. The van der Waals surface area contributed by atoms with E-state index in [1.807, 2.05) is 19.3 Å². The highest BCUT2D eigenvalue weighted by Crippen LogP contribution is 2.30. The van der Waals surface area contributed by atoms with Crippen LogP contribution >= 0.6 is 0 Å². The predicted octanol–water partition coefficient (Wildman–Crippen LogP) is 3.30. The second kappa shape index (κ2) is 5.41. The molecule has 1 atom stereocenters. The van der Waals surface area contributed by atoms with Crippen molar-refractivity contribution in [3.8, 4) is 0 Å². The molecule has 0 amide bonds. The normalized spacial score (nSPS) is 13.5. The highest BCUT2D eigenvalue weighted by molar-refractivity contribution is 5.29. The van der Waals surface area contributed by atoms with E-state index in [9.17, 15) is 5.11 Å². The first-order valence-corrected chi connectivity index (χ1v) is 7.05. The number of benzene rings is 1. The molecule has 0 aliphatic rings. The fraction of sp³-hybridized carbons (Fsp3) is 0.471. The molecule has 1 N–H and O–H groups in total. The Labute approximate surface area is 121 Å². The molecule has 0 bridgehead atoms. The Bertz CT molecular complexity index is 593. The average Bonchev–Trinajstić information content (AvgIpc) is 2.71. The number of rotatable bonds is 3. The van der Waals surface area contributed by atoms with Crippen LogP contribution in [0.2, 0.25) is 0 Å². The molecule has 1 unspecified atom stereocenters. The van der Waals surface area contributed by atoms with Crippen LogP contribution in [0.15, 0.2) is 30.5 Å². The average molecular weight is 272 g/mol. The van der Waals surface area contributed by atoms with Gasteiger partial charge in [0.15, 0.2) is 0 Å². The molecular weight excluding hydrogens is 248 g/mol. The number of hydrogen-bond acceptors (Lipinski definition) is 2. The van der Waals surface area contributed by atoms with Crippen molar-refractivity contribution in [1.29, 1.82) is 0 Å². The van der Waals surface area contributed by atoms with E-state index in [1.165, 1.54) is 5.56 Å². The Kier molecular flexibility index (Phi) is 4.00. The quantitative estimate of drug-likeness (QED) is 0.931. The van der Waals surface area contributed by atoms with Crippen LogP contribution < -0.4 is 0 Å². The maximum absolute atomic E-state index is 10.6. The largest absolute Gasteiger partial charge is 0.388 e. The van der Waals surface area contributed by atoms with Crippen molar-refractivity contribution in [3.05, 3.63) is 52.8 Å². The summed E-state index contributed by atoms with van der Waals surface area (Å²) in [5.74, 6) is 0. The second-order valence-electron chi connectivity index (χ2n) is 6.57. The van der Waals surface area contributed by atoms with Crippen LogP contribution in [0.3, 0.4) is 0 Å². The molecule has 0 aliphatic heterocycles. The first kappa shape index (κ1) is 14.8. The fourth-order valence-electron chi connectivity index (χ4n) is 2.51. The van der Waals surface area contributed by atoms with Gasteiger partial charge in [0.25, 0.3) is 0 Å². The van der Waals surface area contributed by atoms with Gasteiger partial charge in [-0.15, -0.1) is 0 Å². The summed E-state index contributed by atoms with van der Waals surface area (Å²) in [6.07, 6.45) is 2.04. The third kappa shape index (κ3) is 3.28. The van der Waals surface area contributed by atoms with Crippen LogP contribution in [-0.2, 0) is 18.9 Å². The van der Waals surface area contributed by atoms with Gasteiger partial charge in [0.1, 0.15) is 0 Å². The van der Waals surface area contributed by atoms with E-state index in [0.717, 1.165) is 16.8 Å². The van der Waals surface area contributed by atoms with Crippen molar-refractivity contribution in [3.63, 3.8) is 0 Å². The Morgan fingerprint density at radius 1 is 1.30 bits per heavy atom. The van der Waals surface area contributed by atoms with Crippen LogP contribution in [0.1, 0.15) is 49.3 Å². The zero-order chi connectivity index (χ0) is 14.9. The van der Waals surface area contributed by atoms with Gasteiger partial charge in [0.05, 0.1) is 11.8 Å². The van der Waals surface area contributed by atoms with Crippen molar-refractivity contribution in [2.24, 2.45) is 7.05 Å². The molecular formula is C17H24N2O. The molecule has 0 fully saturated rings. The van der Waals surface area contributed by atoms with E-state index >= 15 is 0 Å². The Morgan fingerprint density at radius 2 is 2.00 bits per heavy atom. The van der Waals surface area contributed by atoms with Crippen molar-refractivity contribution in [2.75, 3.05) is 0 Å². The molecule has 1 heterocycles. The fourth-order valence-corrected chi connectivity index (χ4v) is 2.51. The van der Waals surface area contributed by atoms with Crippen LogP contribution in [0.4, 0.5) is 0 Å². The standard InChI is InChI=1S/C17H24N2O/c1-12-7-6-8-13(9-12)10-15(20)14-11-19(5)18-16(14)17(2,3)4/h6-9,11,15,20H,10H2,1-5H3. The van der Waals surface area contributed by atoms with Gasteiger partial charge in [-0.2, -0.15) is 5.10 Å². The third-order valence-electron chi connectivity index (χ3n) is 3.44. The van der Waals surface area contributed by atoms with E-state index < -0.39 is 6.10 Å². The molecule has 0 saturated heterocycles. The summed E-state index contributed by atoms with van der Waals surface area (Å²) in [6, 6.07) is 8.28. The van der Waals surface area contributed by atoms with Gasteiger partial charge in [-0.3, -0.25) is 4.68 Å². The lowest BCUT2D eigenvalue weighted by Gasteiger charge is -2.20. The Hall–Kier alpha value is -1.61. The first-order chi connectivity index (χ1) is 9.27. The van der Waals surface area contributed by atoms with Crippen LogP contribution in [0.25, 0.3) is 0 Å². The minimum atomic E-state index is -0.514. The van der Waals surface area contributed by atoms with E-state index in [-0.39, 0.29) is 5.41 Å². The number of hydrogen-bond donors (Lipinski definition) is 1. The molecule has 108 valence electrons. The van der Waals surface area contributed by atoms with Crippen LogP contribution in [-0.4, -0.2) is 14.9 Å². The van der Waals surface area contributed by atoms with Gasteiger partial charge >= 0.3 is 0 Å². The lowest BCUT2D eigenvalue weighted by molar-refractivity contribution is 0.176. The Balaban J connectivity index is 2.28.